The van der Waals surface area contributed by atoms with Crippen molar-refractivity contribution in [2.75, 3.05) is 5.32 Å². The number of halogens is 3. The van der Waals surface area contributed by atoms with Gasteiger partial charge in [-0.2, -0.15) is 18.3 Å². The van der Waals surface area contributed by atoms with E-state index >= 15 is 0 Å². The standard InChI is InChI=1S/C20H20F3N5O/c1-11(6-12-2-3-12)27-18-15(19(24)29)9-26-28-10-14(7-16(18)28)13-4-5-17(25-8-13)20(21,22)23/h4-5,7-12,27H,2-3,6H2,1H3,(H2,24,29)/t11-/m1/s1. The fraction of sp³-hybridized carbons (Fsp3) is 0.350. The van der Waals surface area contributed by atoms with Gasteiger partial charge < -0.3 is 11.1 Å². The number of nitrogens with two attached hydrogens (primary N) is 1. The fourth-order valence-corrected chi connectivity index (χ4v) is 3.44. The lowest BCUT2D eigenvalue weighted by Crippen LogP contribution is -2.21. The number of nitrogens with zero attached hydrogens (tertiary/aromatic N) is 3. The first-order valence-corrected chi connectivity index (χ1v) is 9.33. The van der Waals surface area contributed by atoms with Gasteiger partial charge in [0, 0.05) is 29.6 Å². The van der Waals surface area contributed by atoms with Crippen molar-refractivity contribution in [1.29, 1.82) is 0 Å². The van der Waals surface area contributed by atoms with Crippen LogP contribution < -0.4 is 11.1 Å². The minimum absolute atomic E-state index is 0.137. The maximum atomic E-state index is 12.7. The van der Waals surface area contributed by atoms with E-state index in [9.17, 15) is 18.0 Å². The second-order valence-electron chi connectivity index (χ2n) is 7.51. The number of alkyl halides is 3. The Labute approximate surface area is 164 Å². The Kier molecular flexibility index (Phi) is 4.68. The van der Waals surface area contributed by atoms with Crippen molar-refractivity contribution in [3.63, 3.8) is 0 Å². The number of hydrogen-bond acceptors (Lipinski definition) is 4. The lowest BCUT2D eigenvalue weighted by atomic mass is 10.1. The van der Waals surface area contributed by atoms with Gasteiger partial charge >= 0.3 is 6.18 Å². The van der Waals surface area contributed by atoms with Crippen molar-refractivity contribution in [1.82, 2.24) is 14.6 Å². The molecule has 0 unspecified atom stereocenters. The van der Waals surface area contributed by atoms with Crippen LogP contribution >= 0.6 is 0 Å². The molecule has 1 fully saturated rings. The third kappa shape index (κ3) is 4.03. The Hall–Kier alpha value is -3.10. The summed E-state index contributed by atoms with van der Waals surface area (Å²) in [6, 6.07) is 4.20. The summed E-state index contributed by atoms with van der Waals surface area (Å²) in [4.78, 5) is 15.4. The van der Waals surface area contributed by atoms with Gasteiger partial charge in [0.2, 0.25) is 0 Å². The van der Waals surface area contributed by atoms with Crippen LogP contribution in [0, 0.1) is 5.92 Å². The molecular formula is C20H20F3N5O. The van der Waals surface area contributed by atoms with Crippen LogP contribution in [0.3, 0.4) is 0 Å². The van der Waals surface area contributed by atoms with E-state index < -0.39 is 17.8 Å². The molecule has 152 valence electrons. The SMILES string of the molecule is C[C@H](CC1CC1)Nc1c(C(N)=O)cnn2cc(-c3ccc(C(F)(F)F)nc3)cc12. The molecule has 1 atom stereocenters. The third-order valence-electron chi connectivity index (χ3n) is 5.06. The van der Waals surface area contributed by atoms with Crippen LogP contribution in [-0.2, 0) is 6.18 Å². The number of hydrogen-bond donors (Lipinski definition) is 2. The summed E-state index contributed by atoms with van der Waals surface area (Å²) in [6.07, 6.45) is 3.19. The van der Waals surface area contributed by atoms with E-state index in [0.717, 1.165) is 12.5 Å². The zero-order valence-electron chi connectivity index (χ0n) is 15.7. The molecule has 6 nitrogen and oxygen atoms in total. The quantitative estimate of drug-likeness (QED) is 0.649. The smallest absolute Gasteiger partial charge is 0.380 e. The molecule has 1 saturated carbocycles. The Morgan fingerprint density at radius 2 is 2.07 bits per heavy atom. The lowest BCUT2D eigenvalue weighted by Gasteiger charge is -2.17. The van der Waals surface area contributed by atoms with Gasteiger partial charge in [0.15, 0.2) is 0 Å². The lowest BCUT2D eigenvalue weighted by molar-refractivity contribution is -0.141. The van der Waals surface area contributed by atoms with Gasteiger partial charge in [0.05, 0.1) is 23.0 Å². The highest BCUT2D eigenvalue weighted by molar-refractivity contribution is 6.02. The van der Waals surface area contributed by atoms with E-state index in [1.807, 2.05) is 6.92 Å². The number of amides is 1. The van der Waals surface area contributed by atoms with Gasteiger partial charge in [0.25, 0.3) is 5.91 Å². The predicted octanol–water partition coefficient (Wildman–Crippen LogP) is 4.11. The van der Waals surface area contributed by atoms with Gasteiger partial charge in [-0.05, 0) is 31.4 Å². The molecule has 0 bridgehead atoms. The molecule has 1 amide bonds. The first-order chi connectivity index (χ1) is 13.7. The molecule has 0 saturated heterocycles. The van der Waals surface area contributed by atoms with Crippen LogP contribution in [0.2, 0.25) is 0 Å². The Morgan fingerprint density at radius 3 is 2.66 bits per heavy atom. The molecule has 4 rings (SSSR count). The molecule has 0 radical (unpaired) electrons. The summed E-state index contributed by atoms with van der Waals surface area (Å²) >= 11 is 0. The van der Waals surface area contributed by atoms with Crippen LogP contribution in [-0.4, -0.2) is 26.5 Å². The van der Waals surface area contributed by atoms with Gasteiger partial charge in [-0.3, -0.25) is 9.78 Å². The summed E-state index contributed by atoms with van der Waals surface area (Å²) in [5.74, 6) is 0.105. The zero-order valence-corrected chi connectivity index (χ0v) is 15.7. The molecule has 3 aromatic heterocycles. The molecule has 0 spiro atoms. The second-order valence-corrected chi connectivity index (χ2v) is 7.51. The largest absolute Gasteiger partial charge is 0.433 e. The number of nitrogens with one attached hydrogen (secondary N) is 1. The summed E-state index contributed by atoms with van der Waals surface area (Å²) in [7, 11) is 0. The monoisotopic (exact) mass is 403 g/mol. The Balaban J connectivity index is 1.72. The van der Waals surface area contributed by atoms with Crippen molar-refractivity contribution >= 4 is 17.1 Å². The van der Waals surface area contributed by atoms with Crippen LogP contribution in [0.15, 0.2) is 36.8 Å². The highest BCUT2D eigenvalue weighted by Crippen LogP contribution is 2.35. The number of pyridine rings is 1. The van der Waals surface area contributed by atoms with E-state index in [0.29, 0.717) is 28.2 Å². The van der Waals surface area contributed by atoms with E-state index in [4.69, 9.17) is 5.73 Å². The normalized spacial score (nSPS) is 15.4. The highest BCUT2D eigenvalue weighted by atomic mass is 19.4. The Bertz CT molecular complexity index is 1050. The Morgan fingerprint density at radius 1 is 1.31 bits per heavy atom. The number of aromatic nitrogens is 3. The van der Waals surface area contributed by atoms with E-state index in [2.05, 4.69) is 15.4 Å². The molecule has 29 heavy (non-hydrogen) atoms. The van der Waals surface area contributed by atoms with Crippen LogP contribution in [0.1, 0.15) is 42.2 Å². The molecular weight excluding hydrogens is 383 g/mol. The van der Waals surface area contributed by atoms with Crippen molar-refractivity contribution in [3.05, 3.63) is 48.0 Å². The molecule has 0 aromatic carbocycles. The first-order valence-electron chi connectivity index (χ1n) is 9.33. The summed E-state index contributed by atoms with van der Waals surface area (Å²) in [5.41, 5.74) is 7.20. The average Bonchev–Trinajstić information content (AvgIpc) is 3.35. The van der Waals surface area contributed by atoms with Crippen molar-refractivity contribution in [3.8, 4) is 11.1 Å². The van der Waals surface area contributed by atoms with E-state index in [1.165, 1.54) is 31.3 Å². The number of fused-ring (bicyclic) bond motifs is 1. The molecule has 3 heterocycles. The van der Waals surface area contributed by atoms with Gasteiger partial charge in [0.1, 0.15) is 5.69 Å². The van der Waals surface area contributed by atoms with Crippen molar-refractivity contribution < 1.29 is 18.0 Å². The number of rotatable bonds is 6. The summed E-state index contributed by atoms with van der Waals surface area (Å²) in [6.45, 7) is 2.05. The first kappa shape index (κ1) is 19.2. The summed E-state index contributed by atoms with van der Waals surface area (Å²) < 4.78 is 39.8. The van der Waals surface area contributed by atoms with E-state index in [1.54, 1.807) is 16.8 Å². The predicted molar refractivity (Wildman–Crippen MR) is 102 cm³/mol. The van der Waals surface area contributed by atoms with Crippen molar-refractivity contribution in [2.45, 2.75) is 38.4 Å². The maximum Gasteiger partial charge on any atom is 0.433 e. The average molecular weight is 403 g/mol. The second kappa shape index (κ2) is 7.06. The fourth-order valence-electron chi connectivity index (χ4n) is 3.44. The van der Waals surface area contributed by atoms with Crippen LogP contribution in [0.4, 0.5) is 18.9 Å². The number of carbonyl (C=O) groups excluding carboxylic acids is 1. The van der Waals surface area contributed by atoms with Crippen LogP contribution in [0.25, 0.3) is 16.6 Å². The third-order valence-corrected chi connectivity index (χ3v) is 5.06. The molecule has 3 aromatic rings. The minimum Gasteiger partial charge on any atom is -0.380 e. The number of anilines is 1. The van der Waals surface area contributed by atoms with Crippen LogP contribution in [0.5, 0.6) is 0 Å². The minimum atomic E-state index is -4.49. The highest BCUT2D eigenvalue weighted by Gasteiger charge is 2.32. The van der Waals surface area contributed by atoms with Gasteiger partial charge in [-0.1, -0.05) is 18.9 Å². The maximum absolute atomic E-state index is 12.7. The molecule has 1 aliphatic carbocycles. The molecule has 9 heteroatoms. The van der Waals surface area contributed by atoms with Crippen molar-refractivity contribution in [2.24, 2.45) is 11.7 Å². The number of carbonyl (C=O) groups is 1. The molecule has 0 aliphatic heterocycles. The van der Waals surface area contributed by atoms with Gasteiger partial charge in [-0.15, -0.1) is 0 Å². The molecule has 3 N–H and O–H groups in total. The molecule has 1 aliphatic rings. The number of primary amides is 1. The summed E-state index contributed by atoms with van der Waals surface area (Å²) in [5, 5.41) is 7.60. The zero-order chi connectivity index (χ0) is 20.8. The topological polar surface area (TPSA) is 85.3 Å². The van der Waals surface area contributed by atoms with E-state index in [-0.39, 0.29) is 11.6 Å². The van der Waals surface area contributed by atoms with Gasteiger partial charge in [-0.25, -0.2) is 4.52 Å².